The van der Waals surface area contributed by atoms with E-state index >= 15 is 0 Å². The highest BCUT2D eigenvalue weighted by Gasteiger charge is 2.13. The molecule has 166 valence electrons. The second-order valence-electron chi connectivity index (χ2n) is 6.79. The Balaban J connectivity index is 1.62. The van der Waals surface area contributed by atoms with E-state index in [0.29, 0.717) is 15.8 Å². The molecule has 0 radical (unpaired) electrons. The summed E-state index contributed by atoms with van der Waals surface area (Å²) in [4.78, 5) is 17.5. The number of nitrogens with two attached hydrogens (primary N) is 1. The molecule has 32 heavy (non-hydrogen) atoms. The van der Waals surface area contributed by atoms with Crippen LogP contribution in [-0.4, -0.2) is 28.1 Å². The first-order chi connectivity index (χ1) is 15.5. The molecule has 1 atom stereocenters. The minimum absolute atomic E-state index is 0.117. The third kappa shape index (κ3) is 6.43. The number of amides is 1. The van der Waals surface area contributed by atoms with Crippen LogP contribution in [0, 0.1) is 6.92 Å². The molecule has 1 amide bonds. The fraction of sp³-hybridized carbons (Fsp3) is 0.130. The lowest BCUT2D eigenvalue weighted by atomic mass is 10.2. The average molecular weight is 468 g/mol. The number of nitrogens with zero attached hydrogens (tertiary/aromatic N) is 2. The molecule has 0 saturated heterocycles. The minimum Gasteiger partial charge on any atom is -0.325 e. The third-order valence-corrected chi connectivity index (χ3v) is 6.74. The van der Waals surface area contributed by atoms with E-state index in [2.05, 4.69) is 15.7 Å². The van der Waals surface area contributed by atoms with Gasteiger partial charge in [-0.1, -0.05) is 54.2 Å². The summed E-state index contributed by atoms with van der Waals surface area (Å²) in [6, 6.07) is 24.1. The van der Waals surface area contributed by atoms with Crippen LogP contribution in [0.1, 0.15) is 5.56 Å². The summed E-state index contributed by atoms with van der Waals surface area (Å²) >= 11 is 1.20. The van der Waals surface area contributed by atoms with Gasteiger partial charge in [-0.2, -0.15) is 0 Å². The van der Waals surface area contributed by atoms with E-state index in [0.717, 1.165) is 16.9 Å². The molecule has 3 aromatic rings. The van der Waals surface area contributed by atoms with Gasteiger partial charge in [0.1, 0.15) is 0 Å². The highest BCUT2D eigenvalue weighted by Crippen LogP contribution is 2.22. The smallest absolute Gasteiger partial charge is 0.234 e. The van der Waals surface area contributed by atoms with Crippen LogP contribution < -0.4 is 20.9 Å². The van der Waals surface area contributed by atoms with Gasteiger partial charge >= 0.3 is 0 Å². The van der Waals surface area contributed by atoms with Crippen LogP contribution in [0.25, 0.3) is 0 Å². The van der Waals surface area contributed by atoms with Gasteiger partial charge in [-0.05, 0) is 48.9 Å². The molecular weight excluding hydrogens is 442 g/mol. The zero-order chi connectivity index (χ0) is 22.9. The molecular formula is C23H25N5O2S2. The largest absolute Gasteiger partial charge is 0.325 e. The van der Waals surface area contributed by atoms with Gasteiger partial charge in [0.15, 0.2) is 16.2 Å². The van der Waals surface area contributed by atoms with Crippen LogP contribution in [0.15, 0.2) is 88.8 Å². The maximum absolute atomic E-state index is 12.9. The molecule has 0 fully saturated rings. The normalized spacial score (nSPS) is 12.2. The molecule has 0 aromatic heterocycles. The van der Waals surface area contributed by atoms with Gasteiger partial charge in [-0.25, -0.2) is 15.0 Å². The van der Waals surface area contributed by atoms with Gasteiger partial charge < -0.3 is 10.7 Å². The third-order valence-electron chi connectivity index (χ3n) is 4.49. The molecule has 7 nitrogen and oxygen atoms in total. The Morgan fingerprint density at radius 2 is 1.78 bits per heavy atom. The van der Waals surface area contributed by atoms with Gasteiger partial charge in [0.2, 0.25) is 5.91 Å². The Kier molecular flexibility index (Phi) is 8.43. The predicted octanol–water partition coefficient (Wildman–Crippen LogP) is 3.98. The highest BCUT2D eigenvalue weighted by atomic mass is 32.2. The summed E-state index contributed by atoms with van der Waals surface area (Å²) in [5, 5.41) is 3.27. The summed E-state index contributed by atoms with van der Waals surface area (Å²) < 4.78 is 14.6. The van der Waals surface area contributed by atoms with Crippen molar-refractivity contribution in [2.24, 2.45) is 10.8 Å². The van der Waals surface area contributed by atoms with E-state index in [-0.39, 0.29) is 11.7 Å². The Morgan fingerprint density at radius 1 is 1.06 bits per heavy atom. The number of amidine groups is 1. The Bertz CT molecular complexity index is 1120. The molecule has 0 aliphatic rings. The highest BCUT2D eigenvalue weighted by molar-refractivity contribution is 8.14. The van der Waals surface area contributed by atoms with Crippen LogP contribution in [0.5, 0.6) is 0 Å². The van der Waals surface area contributed by atoms with E-state index in [1.54, 1.807) is 35.6 Å². The van der Waals surface area contributed by atoms with Gasteiger partial charge in [-0.15, -0.1) is 0 Å². The molecule has 0 aliphatic heterocycles. The first-order valence-electron chi connectivity index (χ1n) is 9.82. The number of nitrogens with one attached hydrogen (secondary N) is 2. The number of anilines is 2. The van der Waals surface area contributed by atoms with Gasteiger partial charge in [0.05, 0.1) is 16.3 Å². The molecule has 0 spiro atoms. The van der Waals surface area contributed by atoms with E-state index < -0.39 is 11.0 Å². The summed E-state index contributed by atoms with van der Waals surface area (Å²) in [5.41, 5.74) is 5.74. The van der Waals surface area contributed by atoms with E-state index in [1.807, 2.05) is 61.5 Å². The number of hydrogen-bond donors (Lipinski definition) is 3. The molecule has 1 unspecified atom stereocenters. The van der Waals surface area contributed by atoms with Crippen LogP contribution >= 0.6 is 11.8 Å². The average Bonchev–Trinajstić information content (AvgIpc) is 2.82. The second kappa shape index (κ2) is 11.5. The van der Waals surface area contributed by atoms with Crippen LogP contribution in [0.3, 0.4) is 0 Å². The second-order valence-corrected chi connectivity index (χ2v) is 9.28. The number of carbonyl (C=O) groups excluding carboxylic acids is 1. The maximum atomic E-state index is 12.9. The quantitative estimate of drug-likeness (QED) is 0.211. The SMILES string of the molecule is Cc1ccccc1N=C(NN)SCC(=O)Nc1cccc(S(=O)N(C)c2ccccc2)c1. The number of aliphatic imine (C=N–C) groups is 1. The van der Waals surface area contributed by atoms with E-state index in [4.69, 9.17) is 5.84 Å². The number of hydrogen-bond acceptors (Lipinski definition) is 5. The number of para-hydroxylation sites is 2. The van der Waals surface area contributed by atoms with Crippen LogP contribution in [-0.2, 0) is 15.8 Å². The summed E-state index contributed by atoms with van der Waals surface area (Å²) in [5.74, 6) is 5.46. The van der Waals surface area contributed by atoms with Crippen LogP contribution in [0.2, 0.25) is 0 Å². The lowest BCUT2D eigenvalue weighted by Gasteiger charge is -2.18. The van der Waals surface area contributed by atoms with Crippen molar-refractivity contribution in [1.29, 1.82) is 0 Å². The Labute approximate surface area is 194 Å². The Hall–Kier alpha value is -3.14. The number of hydrazine groups is 1. The van der Waals surface area contributed by atoms with Crippen molar-refractivity contribution >= 4 is 50.9 Å². The zero-order valence-electron chi connectivity index (χ0n) is 17.8. The van der Waals surface area contributed by atoms with E-state index in [1.165, 1.54) is 11.8 Å². The summed E-state index contributed by atoms with van der Waals surface area (Å²) in [7, 11) is 0.356. The van der Waals surface area contributed by atoms with Crippen molar-refractivity contribution in [3.63, 3.8) is 0 Å². The van der Waals surface area contributed by atoms with E-state index in [9.17, 15) is 9.00 Å². The molecule has 4 N–H and O–H groups in total. The van der Waals surface area contributed by atoms with Gasteiger partial charge in [0.25, 0.3) is 0 Å². The van der Waals surface area contributed by atoms with Crippen molar-refractivity contribution < 1.29 is 9.00 Å². The number of aryl methyl sites for hydroxylation is 1. The molecule has 0 heterocycles. The number of carbonyl (C=O) groups is 1. The maximum Gasteiger partial charge on any atom is 0.234 e. The molecule has 0 bridgehead atoms. The van der Waals surface area contributed by atoms with Gasteiger partial charge in [-0.3, -0.25) is 9.10 Å². The van der Waals surface area contributed by atoms with Gasteiger partial charge in [0, 0.05) is 18.4 Å². The first kappa shape index (κ1) is 23.5. The van der Waals surface area contributed by atoms with Crippen molar-refractivity contribution in [3.05, 3.63) is 84.4 Å². The molecule has 0 saturated carbocycles. The van der Waals surface area contributed by atoms with Crippen LogP contribution in [0.4, 0.5) is 17.1 Å². The first-order valence-corrected chi connectivity index (χ1v) is 11.9. The molecule has 3 rings (SSSR count). The topological polar surface area (TPSA) is 99.8 Å². The number of rotatable bonds is 7. The van der Waals surface area contributed by atoms with Crippen molar-refractivity contribution in [3.8, 4) is 0 Å². The minimum atomic E-state index is -1.41. The molecule has 3 aromatic carbocycles. The fourth-order valence-electron chi connectivity index (χ4n) is 2.81. The van der Waals surface area contributed by atoms with Crippen molar-refractivity contribution in [2.75, 3.05) is 22.4 Å². The molecule has 0 aliphatic carbocycles. The summed E-state index contributed by atoms with van der Waals surface area (Å²) in [6.45, 7) is 1.95. The monoisotopic (exact) mass is 467 g/mol. The summed E-state index contributed by atoms with van der Waals surface area (Å²) in [6.07, 6.45) is 0. The number of benzene rings is 3. The lowest BCUT2D eigenvalue weighted by molar-refractivity contribution is -0.113. The zero-order valence-corrected chi connectivity index (χ0v) is 19.5. The predicted molar refractivity (Wildman–Crippen MR) is 134 cm³/mol. The number of thioether (sulfide) groups is 1. The molecule has 9 heteroatoms. The Morgan fingerprint density at radius 3 is 2.50 bits per heavy atom. The van der Waals surface area contributed by atoms with Crippen molar-refractivity contribution in [1.82, 2.24) is 5.43 Å². The van der Waals surface area contributed by atoms with Crippen molar-refractivity contribution in [2.45, 2.75) is 11.8 Å². The standard InChI is InChI=1S/C23H25N5O2S2/c1-17-9-6-7-14-21(17)26-23(27-24)31-16-22(29)25-18-10-8-13-20(15-18)32(30)28(2)19-11-4-3-5-12-19/h3-15H,16,24H2,1-2H3,(H,25,29)(H,26,27). The fourth-order valence-corrected chi connectivity index (χ4v) is 4.45. The lowest BCUT2D eigenvalue weighted by Crippen LogP contribution is -2.29.